The summed E-state index contributed by atoms with van der Waals surface area (Å²) in [5.74, 6) is -1.12. The van der Waals surface area contributed by atoms with E-state index in [-0.39, 0.29) is 12.3 Å². The van der Waals surface area contributed by atoms with E-state index >= 15 is 0 Å². The standard InChI is InChI=1S/C36H61NO5S/c1-3-5-7-9-11-13-15-17-18-20-21-23-25-27-29-31-35(38)34(33-43(40,41)42)37-36(39)32-30-28-26-24-22-19-16-14-12-10-8-6-4-2/h6,8,12,14,19,21-23,26,28-29,31,34-35,38H,3-5,7,9-11,13,15-18,20,24-25,27,30,32-33H2,1-2H3,(H,37,39)(H,40,41,42)/b8-6-,14-12-,22-19-,23-21+,28-26-,31-29+. The van der Waals surface area contributed by atoms with E-state index in [9.17, 15) is 22.9 Å². The molecule has 0 heterocycles. The molecule has 6 nitrogen and oxygen atoms in total. The second-order valence-corrected chi connectivity index (χ2v) is 12.5. The molecule has 0 aliphatic rings. The van der Waals surface area contributed by atoms with Gasteiger partial charge in [-0.15, -0.1) is 0 Å². The van der Waals surface area contributed by atoms with E-state index in [4.69, 9.17) is 0 Å². The van der Waals surface area contributed by atoms with Gasteiger partial charge in [0.25, 0.3) is 10.1 Å². The Morgan fingerprint density at radius 2 is 1.14 bits per heavy atom. The van der Waals surface area contributed by atoms with E-state index in [1.54, 1.807) is 6.08 Å². The summed E-state index contributed by atoms with van der Waals surface area (Å²) in [5, 5.41) is 13.0. The van der Waals surface area contributed by atoms with Crippen LogP contribution in [-0.2, 0) is 14.9 Å². The van der Waals surface area contributed by atoms with Gasteiger partial charge in [0.2, 0.25) is 5.91 Å². The Bertz CT molecular complexity index is 947. The number of allylic oxidation sites excluding steroid dienone is 11. The van der Waals surface area contributed by atoms with Crippen molar-refractivity contribution in [3.8, 4) is 0 Å². The summed E-state index contributed by atoms with van der Waals surface area (Å²) in [5.41, 5.74) is 0. The van der Waals surface area contributed by atoms with Gasteiger partial charge in [0.15, 0.2) is 0 Å². The Balaban J connectivity index is 4.24. The molecule has 3 N–H and O–H groups in total. The molecule has 0 saturated heterocycles. The summed E-state index contributed by atoms with van der Waals surface area (Å²) in [6.45, 7) is 4.36. The summed E-state index contributed by atoms with van der Waals surface area (Å²) in [7, 11) is -4.37. The van der Waals surface area contributed by atoms with E-state index in [2.05, 4.69) is 67.8 Å². The maximum atomic E-state index is 12.4. The summed E-state index contributed by atoms with van der Waals surface area (Å²) < 4.78 is 32.2. The average Bonchev–Trinajstić information content (AvgIpc) is 2.96. The van der Waals surface area contributed by atoms with Crippen molar-refractivity contribution in [1.82, 2.24) is 5.32 Å². The van der Waals surface area contributed by atoms with Crippen LogP contribution in [0.15, 0.2) is 72.9 Å². The zero-order chi connectivity index (χ0) is 31.9. The maximum absolute atomic E-state index is 12.4. The van der Waals surface area contributed by atoms with E-state index in [0.717, 1.165) is 38.5 Å². The summed E-state index contributed by atoms with van der Waals surface area (Å²) in [6.07, 6.45) is 41.8. The van der Waals surface area contributed by atoms with Crippen molar-refractivity contribution >= 4 is 16.0 Å². The second-order valence-electron chi connectivity index (χ2n) is 11.0. The van der Waals surface area contributed by atoms with Crippen molar-refractivity contribution in [2.24, 2.45) is 0 Å². The highest BCUT2D eigenvalue weighted by atomic mass is 32.2. The summed E-state index contributed by atoms with van der Waals surface area (Å²) in [6, 6.07) is -1.11. The molecule has 0 aromatic carbocycles. The average molecular weight is 620 g/mol. The molecule has 0 aromatic heterocycles. The van der Waals surface area contributed by atoms with E-state index < -0.39 is 28.0 Å². The largest absolute Gasteiger partial charge is 0.387 e. The van der Waals surface area contributed by atoms with E-state index in [0.29, 0.717) is 12.8 Å². The van der Waals surface area contributed by atoms with Crippen molar-refractivity contribution in [1.29, 1.82) is 0 Å². The predicted octanol–water partition coefficient (Wildman–Crippen LogP) is 9.12. The Labute approximate surface area is 264 Å². The number of amides is 1. The monoisotopic (exact) mass is 619 g/mol. The van der Waals surface area contributed by atoms with Crippen LogP contribution in [0.25, 0.3) is 0 Å². The van der Waals surface area contributed by atoms with Crippen molar-refractivity contribution < 1.29 is 22.9 Å². The lowest BCUT2D eigenvalue weighted by Crippen LogP contribution is -2.46. The molecule has 0 aliphatic carbocycles. The van der Waals surface area contributed by atoms with Crippen LogP contribution in [0.3, 0.4) is 0 Å². The van der Waals surface area contributed by atoms with E-state index in [1.165, 1.54) is 63.9 Å². The minimum absolute atomic E-state index is 0.163. The van der Waals surface area contributed by atoms with Gasteiger partial charge in [0.1, 0.15) is 0 Å². The highest BCUT2D eigenvalue weighted by Gasteiger charge is 2.24. The number of hydrogen-bond donors (Lipinski definition) is 3. The van der Waals surface area contributed by atoms with Crippen molar-refractivity contribution in [3.05, 3.63) is 72.9 Å². The van der Waals surface area contributed by atoms with Crippen LogP contribution >= 0.6 is 0 Å². The number of aliphatic hydroxyl groups is 1. The van der Waals surface area contributed by atoms with Gasteiger partial charge < -0.3 is 10.4 Å². The summed E-state index contributed by atoms with van der Waals surface area (Å²) in [4.78, 5) is 12.4. The lowest BCUT2D eigenvalue weighted by atomic mass is 10.1. The van der Waals surface area contributed by atoms with Gasteiger partial charge in [-0.1, -0.05) is 138 Å². The minimum Gasteiger partial charge on any atom is -0.387 e. The third-order valence-electron chi connectivity index (χ3n) is 6.88. The molecule has 1 amide bonds. The molecule has 2 unspecified atom stereocenters. The molecule has 7 heteroatoms. The van der Waals surface area contributed by atoms with Gasteiger partial charge in [-0.25, -0.2) is 0 Å². The molecule has 0 fully saturated rings. The molecule has 0 radical (unpaired) electrons. The molecule has 0 aromatic rings. The number of carbonyl (C=O) groups is 1. The quantitative estimate of drug-likeness (QED) is 0.0460. The first kappa shape index (κ1) is 40.8. The first-order valence-corrected chi connectivity index (χ1v) is 18.2. The molecule has 0 bridgehead atoms. The highest BCUT2D eigenvalue weighted by molar-refractivity contribution is 7.85. The Morgan fingerprint density at radius 3 is 1.72 bits per heavy atom. The maximum Gasteiger partial charge on any atom is 0.267 e. The molecule has 0 saturated carbocycles. The third kappa shape index (κ3) is 31.0. The van der Waals surface area contributed by atoms with Crippen molar-refractivity contribution in [2.75, 3.05) is 5.75 Å². The van der Waals surface area contributed by atoms with Crippen molar-refractivity contribution in [3.63, 3.8) is 0 Å². The number of aliphatic hydroxyl groups excluding tert-OH is 1. The summed E-state index contributed by atoms with van der Waals surface area (Å²) >= 11 is 0. The molecular weight excluding hydrogens is 558 g/mol. The molecule has 0 spiro atoms. The zero-order valence-corrected chi connectivity index (χ0v) is 27.9. The molecule has 43 heavy (non-hydrogen) atoms. The van der Waals surface area contributed by atoms with Crippen LogP contribution < -0.4 is 5.32 Å². The van der Waals surface area contributed by atoms with Crippen molar-refractivity contribution in [2.45, 2.75) is 142 Å². The molecule has 0 rings (SSSR count). The van der Waals surface area contributed by atoms with Gasteiger partial charge in [-0.3, -0.25) is 9.35 Å². The lowest BCUT2D eigenvalue weighted by Gasteiger charge is -2.20. The number of unbranched alkanes of at least 4 members (excludes halogenated alkanes) is 10. The van der Waals surface area contributed by atoms with Crippen LogP contribution in [0.5, 0.6) is 0 Å². The SMILES string of the molecule is CC/C=C\C/C=C\C/C=C\C/C=C\CCC(=O)NC(CS(=O)(=O)O)C(O)/C=C/CC/C=C/CCCCCCCCCCC. The van der Waals surface area contributed by atoms with Crippen LogP contribution in [0.2, 0.25) is 0 Å². The Kier molecular flexibility index (Phi) is 28.3. The predicted molar refractivity (Wildman–Crippen MR) is 184 cm³/mol. The topological polar surface area (TPSA) is 104 Å². The Hall–Kier alpha value is -2.22. The highest BCUT2D eigenvalue weighted by Crippen LogP contribution is 2.11. The smallest absolute Gasteiger partial charge is 0.267 e. The fourth-order valence-electron chi connectivity index (χ4n) is 4.41. The van der Waals surface area contributed by atoms with E-state index in [1.807, 2.05) is 12.2 Å². The first-order valence-electron chi connectivity index (χ1n) is 16.6. The van der Waals surface area contributed by atoms with Gasteiger partial charge in [-0.05, 0) is 57.8 Å². The number of rotatable bonds is 28. The van der Waals surface area contributed by atoms with Gasteiger partial charge in [0.05, 0.1) is 17.9 Å². The lowest BCUT2D eigenvalue weighted by molar-refractivity contribution is -0.122. The minimum atomic E-state index is -4.37. The normalized spacial score (nSPS) is 14.4. The molecule has 246 valence electrons. The van der Waals surface area contributed by atoms with Crippen LogP contribution in [-0.4, -0.2) is 41.9 Å². The van der Waals surface area contributed by atoms with Gasteiger partial charge in [-0.2, -0.15) is 8.42 Å². The fourth-order valence-corrected chi connectivity index (χ4v) is 5.15. The fraction of sp³-hybridized carbons (Fsp3) is 0.639. The number of hydrogen-bond acceptors (Lipinski definition) is 4. The van der Waals surface area contributed by atoms with Crippen LogP contribution in [0.4, 0.5) is 0 Å². The Morgan fingerprint density at radius 1 is 0.651 bits per heavy atom. The number of carbonyl (C=O) groups excluding carboxylic acids is 1. The molecule has 2 atom stereocenters. The van der Waals surface area contributed by atoms with Gasteiger partial charge in [0, 0.05) is 6.42 Å². The first-order chi connectivity index (χ1) is 20.8. The van der Waals surface area contributed by atoms with Gasteiger partial charge >= 0.3 is 0 Å². The zero-order valence-electron chi connectivity index (χ0n) is 27.0. The van der Waals surface area contributed by atoms with Crippen LogP contribution in [0.1, 0.15) is 129 Å². The molecule has 0 aliphatic heterocycles. The molecular formula is C36H61NO5S. The number of nitrogens with one attached hydrogen (secondary N) is 1. The van der Waals surface area contributed by atoms with Crippen LogP contribution in [0, 0.1) is 0 Å². The third-order valence-corrected chi connectivity index (χ3v) is 7.66. The second kappa shape index (κ2) is 29.8.